The van der Waals surface area contributed by atoms with E-state index < -0.39 is 0 Å². The van der Waals surface area contributed by atoms with Crippen LogP contribution in [0.2, 0.25) is 0 Å². The topological polar surface area (TPSA) is 70.5 Å². The molecule has 7 nitrogen and oxygen atoms in total. The normalized spacial score (nSPS) is 21.8. The molecule has 1 aromatic carbocycles. The van der Waals surface area contributed by atoms with E-state index in [0.29, 0.717) is 24.8 Å². The predicted molar refractivity (Wildman–Crippen MR) is 127 cm³/mol. The van der Waals surface area contributed by atoms with Crippen molar-refractivity contribution < 1.29 is 9.59 Å². The minimum Gasteiger partial charge on any atom is -0.335 e. The van der Waals surface area contributed by atoms with E-state index in [1.807, 2.05) is 46.8 Å². The molecule has 0 spiro atoms. The second kappa shape index (κ2) is 8.84. The highest BCUT2D eigenvalue weighted by atomic mass is 16.2. The fourth-order valence-corrected chi connectivity index (χ4v) is 5.97. The summed E-state index contributed by atoms with van der Waals surface area (Å²) in [5, 5.41) is 7.96. The van der Waals surface area contributed by atoms with Crippen LogP contribution in [0.15, 0.2) is 30.3 Å². The zero-order valence-corrected chi connectivity index (χ0v) is 20.0. The average molecular weight is 450 g/mol. The molecule has 3 heterocycles. The molecular weight excluding hydrogens is 414 g/mol. The van der Waals surface area contributed by atoms with Gasteiger partial charge in [0.05, 0.1) is 17.4 Å². The molecule has 1 aromatic heterocycles. The van der Waals surface area contributed by atoms with E-state index in [9.17, 15) is 9.59 Å². The van der Waals surface area contributed by atoms with Crippen molar-refractivity contribution in [3.63, 3.8) is 0 Å². The predicted octanol–water partition coefficient (Wildman–Crippen LogP) is 4.45. The van der Waals surface area contributed by atoms with Crippen molar-refractivity contribution in [1.82, 2.24) is 24.9 Å². The summed E-state index contributed by atoms with van der Waals surface area (Å²) >= 11 is 0. The monoisotopic (exact) mass is 449 g/mol. The minimum absolute atomic E-state index is 0.0221. The number of hydrogen-bond donors (Lipinski definition) is 1. The first-order valence-corrected chi connectivity index (χ1v) is 12.5. The van der Waals surface area contributed by atoms with Crippen LogP contribution in [0, 0.1) is 12.8 Å². The maximum absolute atomic E-state index is 13.8. The molecule has 2 aromatic rings. The molecule has 2 aliphatic heterocycles. The van der Waals surface area contributed by atoms with E-state index in [-0.39, 0.29) is 29.9 Å². The van der Waals surface area contributed by atoms with E-state index in [0.717, 1.165) is 42.6 Å². The van der Waals surface area contributed by atoms with Gasteiger partial charge in [-0.1, -0.05) is 44.9 Å². The number of benzene rings is 1. The lowest BCUT2D eigenvalue weighted by Gasteiger charge is -2.41. The Morgan fingerprint density at radius 2 is 1.73 bits per heavy atom. The van der Waals surface area contributed by atoms with Crippen LogP contribution in [-0.2, 0) is 0 Å². The number of nitrogens with zero attached hydrogens (tertiary/aromatic N) is 4. The molecule has 0 radical (unpaired) electrons. The van der Waals surface area contributed by atoms with Crippen LogP contribution >= 0.6 is 0 Å². The smallest absolute Gasteiger partial charge is 0.317 e. The van der Waals surface area contributed by atoms with Gasteiger partial charge in [-0.25, -0.2) is 9.48 Å². The number of aryl methyl sites for hydroxylation is 1. The first-order chi connectivity index (χ1) is 16.0. The average Bonchev–Trinajstić information content (AvgIpc) is 3.52. The molecular formula is C26H35N5O2. The van der Waals surface area contributed by atoms with Crippen molar-refractivity contribution in [2.24, 2.45) is 5.92 Å². The van der Waals surface area contributed by atoms with Gasteiger partial charge in [0.1, 0.15) is 5.69 Å². The fraction of sp³-hybridized carbons (Fsp3) is 0.577. The summed E-state index contributed by atoms with van der Waals surface area (Å²) in [4.78, 5) is 30.6. The van der Waals surface area contributed by atoms with Crippen molar-refractivity contribution in [3.8, 4) is 5.69 Å². The lowest BCUT2D eigenvalue weighted by molar-refractivity contribution is 0.0447. The molecule has 7 heteroatoms. The van der Waals surface area contributed by atoms with Gasteiger partial charge >= 0.3 is 6.03 Å². The van der Waals surface area contributed by atoms with Crippen LogP contribution in [0.1, 0.15) is 80.2 Å². The van der Waals surface area contributed by atoms with Gasteiger partial charge in [0.2, 0.25) is 0 Å². The Bertz CT molecular complexity index is 1020. The number of urea groups is 1. The molecule has 3 aliphatic rings. The quantitative estimate of drug-likeness (QED) is 0.750. The third-order valence-electron chi connectivity index (χ3n) is 7.60. The first-order valence-electron chi connectivity index (χ1n) is 12.5. The molecule has 5 rings (SSSR count). The maximum atomic E-state index is 13.8. The van der Waals surface area contributed by atoms with Crippen LogP contribution in [0.25, 0.3) is 5.69 Å². The van der Waals surface area contributed by atoms with E-state index in [4.69, 9.17) is 5.10 Å². The maximum Gasteiger partial charge on any atom is 0.317 e. The number of para-hydroxylation sites is 1. The second-order valence-corrected chi connectivity index (χ2v) is 10.1. The van der Waals surface area contributed by atoms with Crippen LogP contribution in [-0.4, -0.2) is 56.7 Å². The molecule has 2 fully saturated rings. The van der Waals surface area contributed by atoms with Gasteiger partial charge in [0.15, 0.2) is 0 Å². The zero-order valence-electron chi connectivity index (χ0n) is 20.0. The number of nitrogens with one attached hydrogen (secondary N) is 1. The highest BCUT2D eigenvalue weighted by Crippen LogP contribution is 2.44. The molecule has 33 heavy (non-hydrogen) atoms. The second-order valence-electron chi connectivity index (χ2n) is 10.1. The Hall–Kier alpha value is -2.83. The number of carbonyl (C=O) groups is 2. The molecule has 1 saturated carbocycles. The molecule has 1 aliphatic carbocycles. The molecule has 1 atom stereocenters. The summed E-state index contributed by atoms with van der Waals surface area (Å²) in [5.41, 5.74) is 3.62. The van der Waals surface area contributed by atoms with E-state index in [1.165, 1.54) is 12.8 Å². The number of rotatable bonds is 4. The third kappa shape index (κ3) is 3.91. The van der Waals surface area contributed by atoms with E-state index in [1.54, 1.807) is 0 Å². The first kappa shape index (κ1) is 22.0. The SMILES string of the molecule is Cc1nn(-c2ccccc2)c2c1C(C(C)C)N(C1CCN(C(=O)NC3CCCC3)CC1)C2=O. The Labute approximate surface area is 196 Å². The highest BCUT2D eigenvalue weighted by molar-refractivity contribution is 5.99. The number of piperidine rings is 1. The van der Waals surface area contributed by atoms with Crippen molar-refractivity contribution >= 4 is 11.9 Å². The molecule has 1 N–H and O–H groups in total. The Balaban J connectivity index is 1.35. The summed E-state index contributed by atoms with van der Waals surface area (Å²) in [5.74, 6) is 0.355. The van der Waals surface area contributed by atoms with Crippen LogP contribution in [0.4, 0.5) is 4.79 Å². The van der Waals surface area contributed by atoms with Gasteiger partial charge in [-0.3, -0.25) is 4.79 Å². The molecule has 0 bridgehead atoms. The summed E-state index contributed by atoms with van der Waals surface area (Å²) in [6.07, 6.45) is 6.24. The number of carbonyl (C=O) groups excluding carboxylic acids is 2. The number of fused-ring (bicyclic) bond motifs is 1. The van der Waals surface area contributed by atoms with E-state index >= 15 is 0 Å². The van der Waals surface area contributed by atoms with Crippen molar-refractivity contribution in [2.45, 2.75) is 77.4 Å². The van der Waals surface area contributed by atoms with Gasteiger partial charge in [0, 0.05) is 30.7 Å². The van der Waals surface area contributed by atoms with Crippen molar-refractivity contribution in [1.29, 1.82) is 0 Å². The van der Waals surface area contributed by atoms with Crippen LogP contribution < -0.4 is 5.32 Å². The number of aromatic nitrogens is 2. The Kier molecular flexibility index (Phi) is 5.89. The van der Waals surface area contributed by atoms with Crippen LogP contribution in [0.3, 0.4) is 0 Å². The van der Waals surface area contributed by atoms with Gasteiger partial charge < -0.3 is 15.1 Å². The Morgan fingerprint density at radius 3 is 2.36 bits per heavy atom. The third-order valence-corrected chi connectivity index (χ3v) is 7.60. The minimum atomic E-state index is 0.0221. The van der Waals surface area contributed by atoms with Gasteiger partial charge in [-0.15, -0.1) is 0 Å². The van der Waals surface area contributed by atoms with Gasteiger partial charge in [-0.05, 0) is 50.7 Å². The van der Waals surface area contributed by atoms with E-state index in [2.05, 4.69) is 24.1 Å². The zero-order chi connectivity index (χ0) is 23.1. The summed E-state index contributed by atoms with van der Waals surface area (Å²) in [6, 6.07) is 10.5. The summed E-state index contributed by atoms with van der Waals surface area (Å²) in [7, 11) is 0. The van der Waals surface area contributed by atoms with Crippen LogP contribution in [0.5, 0.6) is 0 Å². The summed E-state index contributed by atoms with van der Waals surface area (Å²) < 4.78 is 1.83. The standard InChI is InChI=1S/C26H35N5O2/c1-17(2)23-22-18(3)28-31(21-11-5-4-6-12-21)24(22)25(32)30(23)20-13-15-29(16-14-20)26(33)27-19-9-7-8-10-19/h4-6,11-12,17,19-20,23H,7-10,13-16H2,1-3H3,(H,27,33). The summed E-state index contributed by atoms with van der Waals surface area (Å²) in [6.45, 7) is 7.77. The Morgan fingerprint density at radius 1 is 1.06 bits per heavy atom. The largest absolute Gasteiger partial charge is 0.335 e. The number of likely N-dealkylation sites (tertiary alicyclic amines) is 1. The molecule has 1 saturated heterocycles. The van der Waals surface area contributed by atoms with Gasteiger partial charge in [-0.2, -0.15) is 5.10 Å². The lowest BCUT2D eigenvalue weighted by Crippen LogP contribution is -2.52. The molecule has 1 unspecified atom stereocenters. The lowest BCUT2D eigenvalue weighted by atomic mass is 9.93. The molecule has 176 valence electrons. The number of amides is 3. The van der Waals surface area contributed by atoms with Gasteiger partial charge in [0.25, 0.3) is 5.91 Å². The number of hydrogen-bond acceptors (Lipinski definition) is 3. The van der Waals surface area contributed by atoms with Crippen molar-refractivity contribution in [2.75, 3.05) is 13.1 Å². The highest BCUT2D eigenvalue weighted by Gasteiger charge is 2.47. The van der Waals surface area contributed by atoms with Crippen molar-refractivity contribution in [3.05, 3.63) is 47.3 Å². The fourth-order valence-electron chi connectivity index (χ4n) is 5.97. The molecule has 3 amide bonds.